The van der Waals surface area contributed by atoms with E-state index in [1.54, 1.807) is 0 Å². The van der Waals surface area contributed by atoms with Crippen molar-refractivity contribution < 1.29 is 0 Å². The Hall–Kier alpha value is -6.42. The molecule has 9 aromatic rings. The number of hydrogen-bond acceptors (Lipinski definition) is 3. The van der Waals surface area contributed by atoms with Gasteiger partial charge in [-0.2, -0.15) is 0 Å². The van der Waals surface area contributed by atoms with Crippen molar-refractivity contribution in [2.45, 2.75) is 57.8 Å². The maximum Gasteiger partial charge on any atom is 0.0640 e. The maximum absolute atomic E-state index is 2.54. The van der Waals surface area contributed by atoms with E-state index in [1.165, 1.54) is 104 Å². The predicted octanol–water partition coefficient (Wildman–Crippen LogP) is 16.2. The molecule has 0 amide bonds. The Kier molecular flexibility index (Phi) is 7.29. The van der Waals surface area contributed by atoms with Crippen molar-refractivity contribution >= 4 is 65.6 Å². The predicted molar refractivity (Wildman–Crippen MR) is 256 cm³/mol. The van der Waals surface area contributed by atoms with E-state index in [1.807, 2.05) is 11.3 Å². The molecular formula is C57H46N2S. The number of nitrogens with zero attached hydrogens (tertiary/aromatic N) is 2. The van der Waals surface area contributed by atoms with E-state index in [0.29, 0.717) is 0 Å². The number of hydrogen-bond donors (Lipinski definition) is 0. The average Bonchev–Trinajstić information content (AvgIpc) is 3.84. The molecule has 0 fully saturated rings. The summed E-state index contributed by atoms with van der Waals surface area (Å²) >= 11 is 1.89. The highest BCUT2D eigenvalue weighted by atomic mass is 32.1. The highest BCUT2D eigenvalue weighted by molar-refractivity contribution is 7.26. The van der Waals surface area contributed by atoms with E-state index in [-0.39, 0.29) is 16.2 Å². The molecule has 2 aliphatic carbocycles. The molecule has 2 heterocycles. The van der Waals surface area contributed by atoms with E-state index in [0.717, 1.165) is 5.69 Å². The van der Waals surface area contributed by atoms with Gasteiger partial charge in [0, 0.05) is 48.8 Å². The Bertz CT molecular complexity index is 3270. The fourth-order valence-electron chi connectivity index (χ4n) is 11.1. The summed E-state index contributed by atoms with van der Waals surface area (Å²) in [6.07, 6.45) is 0. The Balaban J connectivity index is 1.08. The van der Waals surface area contributed by atoms with Gasteiger partial charge in [0.25, 0.3) is 0 Å². The van der Waals surface area contributed by atoms with Crippen LogP contribution >= 0.6 is 11.3 Å². The molecule has 0 spiro atoms. The molecule has 8 aromatic carbocycles. The summed E-state index contributed by atoms with van der Waals surface area (Å²) in [5, 5.41) is 2.61. The number of anilines is 6. The molecule has 12 rings (SSSR count). The second kappa shape index (κ2) is 12.3. The zero-order valence-electron chi connectivity index (χ0n) is 35.0. The van der Waals surface area contributed by atoms with Crippen molar-refractivity contribution in [2.24, 2.45) is 0 Å². The van der Waals surface area contributed by atoms with Crippen LogP contribution in [0.2, 0.25) is 0 Å². The molecule has 2 nitrogen and oxygen atoms in total. The van der Waals surface area contributed by atoms with E-state index in [9.17, 15) is 0 Å². The molecule has 1 aliphatic heterocycles. The Labute approximate surface area is 357 Å². The van der Waals surface area contributed by atoms with Crippen molar-refractivity contribution in [3.05, 3.63) is 203 Å². The van der Waals surface area contributed by atoms with E-state index >= 15 is 0 Å². The Morgan fingerprint density at radius 1 is 0.400 bits per heavy atom. The van der Waals surface area contributed by atoms with Crippen molar-refractivity contribution in [2.75, 3.05) is 9.80 Å². The summed E-state index contributed by atoms with van der Waals surface area (Å²) in [4.78, 5) is 5.05. The summed E-state index contributed by atoms with van der Waals surface area (Å²) in [7, 11) is 0. The van der Waals surface area contributed by atoms with Crippen LogP contribution in [0.15, 0.2) is 170 Å². The molecule has 0 bridgehead atoms. The largest absolute Gasteiger partial charge is 0.310 e. The van der Waals surface area contributed by atoms with Crippen LogP contribution in [-0.4, -0.2) is 0 Å². The highest BCUT2D eigenvalue weighted by Gasteiger charge is 2.41. The van der Waals surface area contributed by atoms with Gasteiger partial charge in [-0.15, -0.1) is 11.3 Å². The van der Waals surface area contributed by atoms with Crippen LogP contribution in [-0.2, 0) is 16.2 Å². The van der Waals surface area contributed by atoms with Crippen LogP contribution in [0, 0.1) is 0 Å². The zero-order chi connectivity index (χ0) is 40.7. The molecule has 60 heavy (non-hydrogen) atoms. The molecule has 0 N–H and O–H groups in total. The van der Waals surface area contributed by atoms with E-state index in [4.69, 9.17) is 0 Å². The minimum Gasteiger partial charge on any atom is -0.310 e. The van der Waals surface area contributed by atoms with Crippen LogP contribution in [0.1, 0.15) is 74.9 Å². The first-order valence-corrected chi connectivity index (χ1v) is 22.1. The molecule has 0 saturated heterocycles. The summed E-state index contributed by atoms with van der Waals surface area (Å²) in [5.74, 6) is 0. The summed E-state index contributed by atoms with van der Waals surface area (Å²) < 4.78 is 2.61. The van der Waals surface area contributed by atoms with Gasteiger partial charge in [-0.25, -0.2) is 0 Å². The van der Waals surface area contributed by atoms with Gasteiger partial charge in [0.05, 0.1) is 21.8 Å². The maximum atomic E-state index is 2.54. The lowest BCUT2D eigenvalue weighted by molar-refractivity contribution is 0.631. The fourth-order valence-corrected chi connectivity index (χ4v) is 12.3. The van der Waals surface area contributed by atoms with Crippen molar-refractivity contribution in [3.8, 4) is 22.3 Å². The highest BCUT2D eigenvalue weighted by Crippen LogP contribution is 2.57. The topological polar surface area (TPSA) is 6.48 Å². The molecule has 0 unspecified atom stereocenters. The molecule has 3 aliphatic rings. The average molecular weight is 791 g/mol. The van der Waals surface area contributed by atoms with Crippen LogP contribution in [0.25, 0.3) is 42.4 Å². The normalized spacial score (nSPS) is 15.9. The van der Waals surface area contributed by atoms with Gasteiger partial charge in [0.2, 0.25) is 0 Å². The quantitative estimate of drug-likeness (QED) is 0.175. The van der Waals surface area contributed by atoms with Gasteiger partial charge in [0.1, 0.15) is 0 Å². The number of benzene rings is 8. The minimum atomic E-state index is -0.262. The number of thiophene rings is 1. The summed E-state index contributed by atoms with van der Waals surface area (Å²) in [6.45, 7) is 14.3. The first-order valence-electron chi connectivity index (χ1n) is 21.3. The summed E-state index contributed by atoms with van der Waals surface area (Å²) in [5.41, 5.74) is 20.3. The van der Waals surface area contributed by atoms with Crippen LogP contribution in [0.4, 0.5) is 34.1 Å². The minimum absolute atomic E-state index is 0.0941. The third-order valence-electron chi connectivity index (χ3n) is 14.2. The summed E-state index contributed by atoms with van der Waals surface area (Å²) in [6, 6.07) is 64.2. The first kappa shape index (κ1) is 35.5. The second-order valence-electron chi connectivity index (χ2n) is 18.6. The van der Waals surface area contributed by atoms with Crippen molar-refractivity contribution in [1.82, 2.24) is 0 Å². The van der Waals surface area contributed by atoms with E-state index < -0.39 is 0 Å². The zero-order valence-corrected chi connectivity index (χ0v) is 35.8. The lowest BCUT2D eigenvalue weighted by Gasteiger charge is -2.43. The van der Waals surface area contributed by atoms with Crippen molar-refractivity contribution in [1.29, 1.82) is 0 Å². The number of para-hydroxylation sites is 1. The monoisotopic (exact) mass is 790 g/mol. The van der Waals surface area contributed by atoms with Crippen molar-refractivity contribution in [3.63, 3.8) is 0 Å². The van der Waals surface area contributed by atoms with Gasteiger partial charge in [-0.05, 0) is 116 Å². The van der Waals surface area contributed by atoms with Gasteiger partial charge in [-0.3, -0.25) is 0 Å². The van der Waals surface area contributed by atoms with Crippen LogP contribution in [0.5, 0.6) is 0 Å². The first-order chi connectivity index (χ1) is 29.0. The van der Waals surface area contributed by atoms with E-state index in [2.05, 4.69) is 221 Å². The van der Waals surface area contributed by atoms with Gasteiger partial charge >= 0.3 is 0 Å². The lowest BCUT2D eigenvalue weighted by atomic mass is 9.73. The Morgan fingerprint density at radius 3 is 1.65 bits per heavy atom. The van der Waals surface area contributed by atoms with Gasteiger partial charge in [-0.1, -0.05) is 151 Å². The van der Waals surface area contributed by atoms with Gasteiger partial charge < -0.3 is 9.80 Å². The SMILES string of the molecule is CC1(C)c2ccccc2-c2ccc(N3c4ccccc4C(C)(C)c4cc(N(c5ccc6c(c5)C(C)(C)c5ccccc5-6)c5cccc6c5sc5ccccc56)ccc43)cc21. The molecule has 3 heteroatoms. The third-order valence-corrected chi connectivity index (χ3v) is 15.5. The number of fused-ring (bicyclic) bond motifs is 11. The third kappa shape index (κ3) is 4.76. The fraction of sp³-hybridized carbons (Fsp3) is 0.158. The molecular weight excluding hydrogens is 745 g/mol. The standard InChI is InChI=1S/C57H46N2S/c1-55(2)44-20-10-7-16-38(44)40-29-26-35(32-47(40)55)58(52-24-15-19-43-42-18-9-14-25-53(42)60-54(43)52)36-28-31-51-49(34-36)57(5,6)46-22-12-13-23-50(46)59(51)37-27-30-41-39-17-8-11-21-45(39)56(3,4)48(41)33-37/h7-34H,1-6H3. The van der Waals surface area contributed by atoms with Gasteiger partial charge in [0.15, 0.2) is 0 Å². The molecule has 0 saturated carbocycles. The van der Waals surface area contributed by atoms with Crippen LogP contribution < -0.4 is 9.80 Å². The second-order valence-corrected chi connectivity index (χ2v) is 19.6. The Morgan fingerprint density at radius 2 is 0.917 bits per heavy atom. The molecule has 1 aromatic heterocycles. The molecule has 290 valence electrons. The lowest BCUT2D eigenvalue weighted by Crippen LogP contribution is -2.31. The molecule has 0 atom stereocenters. The number of rotatable bonds is 4. The molecule has 0 radical (unpaired) electrons. The van der Waals surface area contributed by atoms with Crippen LogP contribution in [0.3, 0.4) is 0 Å². The smallest absolute Gasteiger partial charge is 0.0640 e.